The molecule has 0 aromatic carbocycles. The largest absolute Gasteiger partial charge is 0.431 e. The molecule has 0 amide bonds. The Morgan fingerprint density at radius 1 is 1.04 bits per heavy atom. The van der Waals surface area contributed by atoms with Crippen LogP contribution in [0.25, 0.3) is 0 Å². The van der Waals surface area contributed by atoms with E-state index in [1.54, 1.807) is 0 Å². The summed E-state index contributed by atoms with van der Waals surface area (Å²) in [6.07, 6.45) is -5.32. The maximum absolute atomic E-state index is 11.6. The normalized spacial score (nSPS) is 31.1. The molecule has 1 fully saturated rings. The Morgan fingerprint density at radius 3 is 2.39 bits per heavy atom. The zero-order chi connectivity index (χ0) is 17.2. The Kier molecular flexibility index (Phi) is 9.56. The topological polar surface area (TPSA) is 135 Å². The van der Waals surface area contributed by atoms with Crippen LogP contribution in [0.1, 0.15) is 19.8 Å². The van der Waals surface area contributed by atoms with Gasteiger partial charge in [-0.1, -0.05) is 13.3 Å². The first-order chi connectivity index (χ1) is 11.0. The van der Waals surface area contributed by atoms with Crippen LogP contribution in [0.15, 0.2) is 0 Å². The van der Waals surface area contributed by atoms with Crippen LogP contribution in [-0.2, 0) is 23.7 Å². The number of ether oxygens (including phenoxy) is 4. The highest BCUT2D eigenvalue weighted by Gasteiger charge is 2.45. The van der Waals surface area contributed by atoms with Crippen LogP contribution < -0.4 is 0 Å². The predicted octanol–water partition coefficient (Wildman–Crippen LogP) is -1.84. The van der Waals surface area contributed by atoms with Gasteiger partial charge in [0.15, 0.2) is 0 Å². The first-order valence-corrected chi connectivity index (χ1v) is 7.66. The lowest BCUT2D eigenvalue weighted by Gasteiger charge is -2.39. The van der Waals surface area contributed by atoms with Crippen molar-refractivity contribution in [3.63, 3.8) is 0 Å². The quantitative estimate of drug-likeness (QED) is 0.268. The van der Waals surface area contributed by atoms with Gasteiger partial charge in [-0.15, -0.1) is 0 Å². The zero-order valence-electron chi connectivity index (χ0n) is 13.2. The van der Waals surface area contributed by atoms with Crippen molar-refractivity contribution in [3.05, 3.63) is 0 Å². The summed E-state index contributed by atoms with van der Waals surface area (Å²) in [5.74, 6) is -0.803. The van der Waals surface area contributed by atoms with Gasteiger partial charge in [-0.3, -0.25) is 0 Å². The van der Waals surface area contributed by atoms with Gasteiger partial charge in [0.25, 0.3) is 0 Å². The molecule has 1 heterocycles. The van der Waals surface area contributed by atoms with E-state index in [1.165, 1.54) is 0 Å². The third-order valence-electron chi connectivity index (χ3n) is 3.33. The molecule has 1 unspecified atom stereocenters. The molecule has 9 nitrogen and oxygen atoms in total. The minimum absolute atomic E-state index is 0.216. The average Bonchev–Trinajstić information content (AvgIpc) is 2.54. The second-order valence-electron chi connectivity index (χ2n) is 5.21. The number of hydrogen-bond acceptors (Lipinski definition) is 9. The first-order valence-electron chi connectivity index (χ1n) is 7.66. The van der Waals surface area contributed by atoms with E-state index in [-0.39, 0.29) is 13.2 Å². The van der Waals surface area contributed by atoms with E-state index in [0.29, 0.717) is 13.2 Å². The van der Waals surface area contributed by atoms with Crippen molar-refractivity contribution in [2.24, 2.45) is 0 Å². The lowest BCUT2D eigenvalue weighted by molar-refractivity contribution is -0.293. The molecular weight excluding hydrogens is 312 g/mol. The number of aliphatic hydroxyl groups is 4. The molecular formula is C14H26O9. The van der Waals surface area contributed by atoms with Gasteiger partial charge in [0.2, 0.25) is 6.29 Å². The first kappa shape index (κ1) is 20.2. The number of esters is 1. The summed E-state index contributed by atoms with van der Waals surface area (Å²) in [4.78, 5) is 11.6. The van der Waals surface area contributed by atoms with E-state index in [0.717, 1.165) is 12.8 Å². The fraction of sp³-hybridized carbons (Fsp3) is 0.929. The fourth-order valence-corrected chi connectivity index (χ4v) is 1.95. The third-order valence-corrected chi connectivity index (χ3v) is 3.33. The monoisotopic (exact) mass is 338 g/mol. The molecule has 5 atom stereocenters. The SMILES string of the molecule is CCCCOCCOCC(=O)OC1O[C@H](CO)[C@@H](O)[C@H](O)[C@H]1O. The lowest BCUT2D eigenvalue weighted by Crippen LogP contribution is -2.59. The van der Waals surface area contributed by atoms with E-state index >= 15 is 0 Å². The Labute approximate surface area is 134 Å². The van der Waals surface area contributed by atoms with Gasteiger partial charge in [0.1, 0.15) is 31.0 Å². The fourth-order valence-electron chi connectivity index (χ4n) is 1.95. The van der Waals surface area contributed by atoms with Gasteiger partial charge in [-0.25, -0.2) is 4.79 Å². The van der Waals surface area contributed by atoms with E-state index in [1.807, 2.05) is 0 Å². The maximum Gasteiger partial charge on any atom is 0.334 e. The van der Waals surface area contributed by atoms with Crippen LogP contribution in [0.5, 0.6) is 0 Å². The molecule has 4 N–H and O–H groups in total. The molecule has 9 heteroatoms. The molecule has 23 heavy (non-hydrogen) atoms. The van der Waals surface area contributed by atoms with Crippen molar-refractivity contribution >= 4 is 5.97 Å². The van der Waals surface area contributed by atoms with Gasteiger partial charge in [-0.05, 0) is 6.42 Å². The molecule has 136 valence electrons. The van der Waals surface area contributed by atoms with Crippen LogP contribution in [0.3, 0.4) is 0 Å². The van der Waals surface area contributed by atoms with Crippen LogP contribution in [-0.4, -0.2) is 90.1 Å². The van der Waals surface area contributed by atoms with Crippen molar-refractivity contribution < 1.29 is 44.2 Å². The molecule has 0 bridgehead atoms. The van der Waals surface area contributed by atoms with Crippen molar-refractivity contribution in [3.8, 4) is 0 Å². The van der Waals surface area contributed by atoms with Gasteiger partial charge >= 0.3 is 5.97 Å². The molecule has 1 saturated heterocycles. The van der Waals surface area contributed by atoms with Crippen molar-refractivity contribution in [2.45, 2.75) is 50.5 Å². The van der Waals surface area contributed by atoms with Crippen LogP contribution in [0.4, 0.5) is 0 Å². The number of carbonyl (C=O) groups excluding carboxylic acids is 1. The standard InChI is InChI=1S/C14H26O9/c1-2-3-4-20-5-6-21-8-10(16)23-14-13(19)12(18)11(17)9(7-15)22-14/h9,11-15,17-19H,2-8H2,1H3/t9-,11-,12+,13-,14?/m1/s1. The summed E-state index contributed by atoms with van der Waals surface area (Å²) in [7, 11) is 0. The Balaban J connectivity index is 2.25. The molecule has 0 aliphatic carbocycles. The highest BCUT2D eigenvalue weighted by atomic mass is 16.7. The minimum atomic E-state index is -1.62. The summed E-state index contributed by atoms with van der Waals surface area (Å²) in [5, 5.41) is 37.9. The second kappa shape index (κ2) is 10.9. The molecule has 1 rings (SSSR count). The van der Waals surface area contributed by atoms with E-state index in [2.05, 4.69) is 6.92 Å². The highest BCUT2D eigenvalue weighted by molar-refractivity contribution is 5.70. The zero-order valence-corrected chi connectivity index (χ0v) is 13.2. The summed E-state index contributed by atoms with van der Waals surface area (Å²) in [5.41, 5.74) is 0. The molecule has 0 spiro atoms. The van der Waals surface area contributed by atoms with Crippen molar-refractivity contribution in [1.29, 1.82) is 0 Å². The Morgan fingerprint density at radius 2 is 1.74 bits per heavy atom. The molecule has 0 aromatic heterocycles. The van der Waals surface area contributed by atoms with Gasteiger partial charge < -0.3 is 39.4 Å². The summed E-state index contributed by atoms with van der Waals surface area (Å²) in [6.45, 7) is 2.29. The number of rotatable bonds is 10. The van der Waals surface area contributed by atoms with E-state index in [9.17, 15) is 20.1 Å². The van der Waals surface area contributed by atoms with Crippen molar-refractivity contribution in [1.82, 2.24) is 0 Å². The average molecular weight is 338 g/mol. The Bertz CT molecular complexity index is 336. The third kappa shape index (κ3) is 6.68. The maximum atomic E-state index is 11.6. The number of hydrogen-bond donors (Lipinski definition) is 4. The smallest absolute Gasteiger partial charge is 0.334 e. The number of unbranched alkanes of at least 4 members (excludes halogenated alkanes) is 1. The summed E-state index contributed by atoms with van der Waals surface area (Å²) >= 11 is 0. The molecule has 0 radical (unpaired) electrons. The highest BCUT2D eigenvalue weighted by Crippen LogP contribution is 2.21. The second-order valence-corrected chi connectivity index (χ2v) is 5.21. The minimum Gasteiger partial charge on any atom is -0.431 e. The summed E-state index contributed by atoms with van der Waals surface area (Å²) < 4.78 is 20.2. The lowest BCUT2D eigenvalue weighted by atomic mass is 9.99. The van der Waals surface area contributed by atoms with Crippen molar-refractivity contribution in [2.75, 3.05) is 33.0 Å². The number of aliphatic hydroxyl groups excluding tert-OH is 4. The summed E-state index contributed by atoms with van der Waals surface area (Å²) in [6, 6.07) is 0. The number of carbonyl (C=O) groups is 1. The van der Waals surface area contributed by atoms with Gasteiger partial charge in [0, 0.05) is 6.61 Å². The van der Waals surface area contributed by atoms with E-state index in [4.69, 9.17) is 24.1 Å². The van der Waals surface area contributed by atoms with Gasteiger partial charge in [0.05, 0.1) is 19.8 Å². The van der Waals surface area contributed by atoms with Gasteiger partial charge in [-0.2, -0.15) is 0 Å². The molecule has 0 aromatic rings. The Hall–Kier alpha value is -0.810. The predicted molar refractivity (Wildman–Crippen MR) is 76.4 cm³/mol. The molecule has 0 saturated carbocycles. The van der Waals surface area contributed by atoms with E-state index < -0.39 is 43.3 Å². The van der Waals surface area contributed by atoms with Crippen LogP contribution in [0, 0.1) is 0 Å². The van der Waals surface area contributed by atoms with Crippen LogP contribution >= 0.6 is 0 Å². The molecule has 1 aliphatic rings. The van der Waals surface area contributed by atoms with Crippen LogP contribution in [0.2, 0.25) is 0 Å². The molecule has 1 aliphatic heterocycles.